The number of alkyl carbamates (subject to hydrolysis) is 1. The number of piperazine rings is 1. The average Bonchev–Trinajstić information content (AvgIpc) is 2.56. The van der Waals surface area contributed by atoms with Crippen LogP contribution in [0.4, 0.5) is 16.2 Å². The number of anilines is 2. The van der Waals surface area contributed by atoms with Gasteiger partial charge in [-0.3, -0.25) is 9.59 Å². The fourth-order valence-electron chi connectivity index (χ4n) is 2.30. The van der Waals surface area contributed by atoms with E-state index in [4.69, 9.17) is 4.74 Å². The first-order chi connectivity index (χ1) is 11.6. The molecule has 1 fully saturated rings. The molecule has 1 aromatic carbocycles. The van der Waals surface area contributed by atoms with Gasteiger partial charge >= 0.3 is 6.09 Å². The Labute approximate surface area is 140 Å². The number of rotatable bonds is 6. The van der Waals surface area contributed by atoms with Gasteiger partial charge in [0.05, 0.1) is 13.2 Å². The molecular formula is C16H22N4O4. The summed E-state index contributed by atoms with van der Waals surface area (Å²) in [5.74, 6) is -0.190. The second-order valence-electron chi connectivity index (χ2n) is 5.26. The van der Waals surface area contributed by atoms with Gasteiger partial charge in [0.15, 0.2) is 0 Å². The van der Waals surface area contributed by atoms with Crippen molar-refractivity contribution in [3.8, 4) is 0 Å². The Morgan fingerprint density at radius 2 is 2.04 bits per heavy atom. The van der Waals surface area contributed by atoms with Crippen molar-refractivity contribution in [2.75, 3.05) is 43.0 Å². The lowest BCUT2D eigenvalue weighted by Crippen LogP contribution is -2.47. The molecule has 2 rings (SSSR count). The fourth-order valence-corrected chi connectivity index (χ4v) is 2.30. The zero-order valence-corrected chi connectivity index (χ0v) is 13.6. The van der Waals surface area contributed by atoms with Crippen LogP contribution in [0.5, 0.6) is 0 Å². The normalized spacial score (nSPS) is 13.9. The Morgan fingerprint density at radius 1 is 1.29 bits per heavy atom. The molecule has 0 aromatic heterocycles. The molecule has 0 radical (unpaired) electrons. The maximum atomic E-state index is 11.8. The van der Waals surface area contributed by atoms with Gasteiger partial charge in [0, 0.05) is 37.4 Å². The lowest BCUT2D eigenvalue weighted by molar-refractivity contribution is -0.120. The first-order valence-corrected chi connectivity index (χ1v) is 7.90. The van der Waals surface area contributed by atoms with Crippen molar-refractivity contribution in [2.24, 2.45) is 0 Å². The fraction of sp³-hybridized carbons (Fsp3) is 0.438. The van der Waals surface area contributed by atoms with Crippen molar-refractivity contribution in [3.05, 3.63) is 24.3 Å². The summed E-state index contributed by atoms with van der Waals surface area (Å²) in [5, 5.41) is 8.03. The van der Waals surface area contributed by atoms with Crippen molar-refractivity contribution in [1.82, 2.24) is 10.6 Å². The van der Waals surface area contributed by atoms with Gasteiger partial charge in [-0.25, -0.2) is 4.79 Å². The Hall–Kier alpha value is -2.77. The Morgan fingerprint density at radius 3 is 2.71 bits per heavy atom. The monoisotopic (exact) mass is 334 g/mol. The summed E-state index contributed by atoms with van der Waals surface area (Å²) in [7, 11) is 0. The van der Waals surface area contributed by atoms with E-state index < -0.39 is 6.09 Å². The molecule has 1 aliphatic rings. The molecule has 0 unspecified atom stereocenters. The van der Waals surface area contributed by atoms with Crippen LogP contribution in [-0.4, -0.2) is 50.7 Å². The van der Waals surface area contributed by atoms with E-state index in [-0.39, 0.29) is 24.8 Å². The summed E-state index contributed by atoms with van der Waals surface area (Å²) < 4.78 is 4.71. The molecule has 0 spiro atoms. The van der Waals surface area contributed by atoms with Crippen molar-refractivity contribution >= 4 is 29.3 Å². The van der Waals surface area contributed by atoms with Gasteiger partial charge < -0.3 is 25.6 Å². The summed E-state index contributed by atoms with van der Waals surface area (Å²) >= 11 is 0. The summed E-state index contributed by atoms with van der Waals surface area (Å²) in [6, 6.07) is 7.31. The zero-order chi connectivity index (χ0) is 17.4. The molecule has 1 saturated heterocycles. The molecular weight excluding hydrogens is 312 g/mol. The summed E-state index contributed by atoms with van der Waals surface area (Å²) in [4.78, 5) is 36.3. The molecule has 8 nitrogen and oxygen atoms in total. The Balaban J connectivity index is 1.77. The second kappa shape index (κ2) is 8.76. The van der Waals surface area contributed by atoms with Crippen molar-refractivity contribution in [1.29, 1.82) is 0 Å². The first kappa shape index (κ1) is 17.6. The van der Waals surface area contributed by atoms with E-state index in [1.165, 1.54) is 0 Å². The first-order valence-electron chi connectivity index (χ1n) is 7.90. The number of nitrogens with one attached hydrogen (secondary N) is 3. The van der Waals surface area contributed by atoms with Crippen LogP contribution in [0.25, 0.3) is 0 Å². The van der Waals surface area contributed by atoms with E-state index >= 15 is 0 Å². The van der Waals surface area contributed by atoms with Gasteiger partial charge in [0.2, 0.25) is 11.8 Å². The van der Waals surface area contributed by atoms with Crippen LogP contribution in [0, 0.1) is 0 Å². The van der Waals surface area contributed by atoms with E-state index in [0.29, 0.717) is 25.4 Å². The highest BCUT2D eigenvalue weighted by atomic mass is 16.5. The molecule has 130 valence electrons. The van der Waals surface area contributed by atoms with E-state index in [1.54, 1.807) is 19.1 Å². The van der Waals surface area contributed by atoms with Crippen molar-refractivity contribution in [3.63, 3.8) is 0 Å². The van der Waals surface area contributed by atoms with Crippen LogP contribution in [0.3, 0.4) is 0 Å². The number of ether oxygens (including phenoxy) is 1. The molecule has 0 bridgehead atoms. The quantitative estimate of drug-likeness (QED) is 0.711. The third-order valence-electron chi connectivity index (χ3n) is 3.45. The number of benzene rings is 1. The standard InChI is InChI=1S/C16H22N4O4/c1-2-24-16(23)18-8-7-14(21)19-12-3-5-13(6-4-12)20-10-9-17-15(22)11-20/h3-6H,2,7-11H2,1H3,(H,17,22)(H,18,23)(H,19,21). The minimum atomic E-state index is -0.528. The van der Waals surface area contributed by atoms with Crippen LogP contribution in [0.15, 0.2) is 24.3 Å². The van der Waals surface area contributed by atoms with E-state index in [1.807, 2.05) is 17.0 Å². The Bertz CT molecular complexity index is 588. The number of hydrogen-bond donors (Lipinski definition) is 3. The zero-order valence-electron chi connectivity index (χ0n) is 13.6. The molecule has 1 aromatic rings. The molecule has 1 heterocycles. The van der Waals surface area contributed by atoms with Crippen LogP contribution >= 0.6 is 0 Å². The van der Waals surface area contributed by atoms with Gasteiger partial charge in [-0.15, -0.1) is 0 Å². The number of amides is 3. The van der Waals surface area contributed by atoms with E-state index in [0.717, 1.165) is 12.2 Å². The lowest BCUT2D eigenvalue weighted by Gasteiger charge is -2.28. The highest BCUT2D eigenvalue weighted by Crippen LogP contribution is 2.18. The van der Waals surface area contributed by atoms with Crippen molar-refractivity contribution in [2.45, 2.75) is 13.3 Å². The van der Waals surface area contributed by atoms with Gasteiger partial charge in [0.1, 0.15) is 0 Å². The molecule has 3 amide bonds. The largest absolute Gasteiger partial charge is 0.450 e. The SMILES string of the molecule is CCOC(=O)NCCC(=O)Nc1ccc(N2CCNC(=O)C2)cc1. The highest BCUT2D eigenvalue weighted by Gasteiger charge is 2.16. The molecule has 1 aliphatic heterocycles. The van der Waals surface area contributed by atoms with Gasteiger partial charge in [-0.05, 0) is 31.2 Å². The minimum absolute atomic E-state index is 0.00716. The topological polar surface area (TPSA) is 99.8 Å². The molecule has 24 heavy (non-hydrogen) atoms. The number of hydrogen-bond acceptors (Lipinski definition) is 5. The van der Waals surface area contributed by atoms with E-state index in [2.05, 4.69) is 16.0 Å². The number of nitrogens with zero attached hydrogens (tertiary/aromatic N) is 1. The summed E-state index contributed by atoms with van der Waals surface area (Å²) in [6.45, 7) is 3.95. The lowest BCUT2D eigenvalue weighted by atomic mass is 10.2. The number of carbonyl (C=O) groups is 3. The van der Waals surface area contributed by atoms with Gasteiger partial charge in [0.25, 0.3) is 0 Å². The Kier molecular flexibility index (Phi) is 6.41. The van der Waals surface area contributed by atoms with Gasteiger partial charge in [-0.2, -0.15) is 0 Å². The smallest absolute Gasteiger partial charge is 0.407 e. The molecule has 0 saturated carbocycles. The third-order valence-corrected chi connectivity index (χ3v) is 3.45. The predicted octanol–water partition coefficient (Wildman–Crippen LogP) is 0.697. The maximum absolute atomic E-state index is 11.8. The molecule has 8 heteroatoms. The summed E-state index contributed by atoms with van der Waals surface area (Å²) in [6.07, 6.45) is -0.368. The van der Waals surface area contributed by atoms with E-state index in [9.17, 15) is 14.4 Å². The van der Waals surface area contributed by atoms with Crippen LogP contribution in [-0.2, 0) is 14.3 Å². The number of carbonyl (C=O) groups excluding carboxylic acids is 3. The summed E-state index contributed by atoms with van der Waals surface area (Å²) in [5.41, 5.74) is 1.60. The van der Waals surface area contributed by atoms with Crippen LogP contribution < -0.4 is 20.9 Å². The van der Waals surface area contributed by atoms with Crippen molar-refractivity contribution < 1.29 is 19.1 Å². The average molecular weight is 334 g/mol. The second-order valence-corrected chi connectivity index (χ2v) is 5.26. The predicted molar refractivity (Wildman–Crippen MR) is 89.9 cm³/mol. The molecule has 0 aliphatic carbocycles. The van der Waals surface area contributed by atoms with Crippen LogP contribution in [0.2, 0.25) is 0 Å². The maximum Gasteiger partial charge on any atom is 0.407 e. The third kappa shape index (κ3) is 5.45. The minimum Gasteiger partial charge on any atom is -0.450 e. The molecule has 0 atom stereocenters. The van der Waals surface area contributed by atoms with Gasteiger partial charge in [-0.1, -0.05) is 0 Å². The van der Waals surface area contributed by atoms with Crippen LogP contribution in [0.1, 0.15) is 13.3 Å². The molecule has 3 N–H and O–H groups in total. The highest BCUT2D eigenvalue weighted by molar-refractivity contribution is 5.91.